The second kappa shape index (κ2) is 13.0. The fraction of sp³-hybridized carbons (Fsp3) is 0.483. The van der Waals surface area contributed by atoms with Crippen molar-refractivity contribution in [3.05, 3.63) is 54.5 Å². The van der Waals surface area contributed by atoms with Gasteiger partial charge in [-0.25, -0.2) is 4.98 Å². The molecule has 1 aromatic carbocycles. The number of nitrogens with zero attached hydrogens (tertiary/aromatic N) is 3. The number of aromatic nitrogens is 3. The van der Waals surface area contributed by atoms with Crippen LogP contribution >= 0.6 is 0 Å². The Morgan fingerprint density at radius 1 is 1.00 bits per heavy atom. The molecule has 0 aliphatic rings. The van der Waals surface area contributed by atoms with Crippen molar-refractivity contribution in [3.8, 4) is 28.4 Å². The Kier molecular flexibility index (Phi) is 10.2. The van der Waals surface area contributed by atoms with Gasteiger partial charge >= 0.3 is 12.1 Å². The normalized spacial score (nSPS) is 12.4. The van der Waals surface area contributed by atoms with Crippen LogP contribution in [0, 0.1) is 5.41 Å². The van der Waals surface area contributed by atoms with Crippen LogP contribution in [0.4, 0.5) is 13.2 Å². The Labute approximate surface area is 234 Å². The SMILES string of the molecule is CCC(CC)(COc1ccc(-c2ccc(-c3nc(C(F)(F)F)cn3COCC[Si](C)(C)C)cn2)cc1)C(=O)OC. The molecule has 2 heterocycles. The van der Waals surface area contributed by atoms with Crippen LogP contribution in [-0.2, 0) is 27.2 Å². The van der Waals surface area contributed by atoms with E-state index >= 15 is 0 Å². The zero-order chi connectivity index (χ0) is 29.6. The molecule has 11 heteroatoms. The van der Waals surface area contributed by atoms with E-state index in [0.717, 1.165) is 17.8 Å². The maximum Gasteiger partial charge on any atom is 0.434 e. The molecule has 0 N–H and O–H groups in total. The fourth-order valence-corrected chi connectivity index (χ4v) is 4.84. The van der Waals surface area contributed by atoms with Gasteiger partial charge in [-0.2, -0.15) is 13.2 Å². The lowest BCUT2D eigenvalue weighted by Crippen LogP contribution is -2.37. The summed E-state index contributed by atoms with van der Waals surface area (Å²) in [6.45, 7) is 11.1. The number of hydrogen-bond donors (Lipinski definition) is 0. The standard InChI is InChI=1S/C29H38F3N3O4Si/c1-7-28(8-2,27(36)37-3)19-39-23-12-9-21(10-13-23)24-14-11-22(17-33-24)26-34-25(29(30,31)32)18-35(26)20-38-15-16-40(4,5)6/h9-14,17-18H,7-8,15-16,19-20H2,1-6H3. The summed E-state index contributed by atoms with van der Waals surface area (Å²) >= 11 is 0. The molecule has 0 radical (unpaired) electrons. The van der Waals surface area contributed by atoms with Gasteiger partial charge in [0.05, 0.1) is 12.8 Å². The van der Waals surface area contributed by atoms with Crippen LogP contribution in [0.15, 0.2) is 48.8 Å². The van der Waals surface area contributed by atoms with E-state index in [1.54, 1.807) is 24.3 Å². The predicted molar refractivity (Wildman–Crippen MR) is 151 cm³/mol. The van der Waals surface area contributed by atoms with Crippen LogP contribution in [0.25, 0.3) is 22.6 Å². The Hall–Kier alpha value is -3.18. The Balaban J connectivity index is 1.74. The minimum Gasteiger partial charge on any atom is -0.492 e. The van der Waals surface area contributed by atoms with E-state index in [2.05, 4.69) is 29.6 Å². The number of rotatable bonds is 13. The average molecular weight is 578 g/mol. The first-order valence-electron chi connectivity index (χ1n) is 13.3. The molecule has 0 bridgehead atoms. The molecule has 0 unspecified atom stereocenters. The van der Waals surface area contributed by atoms with E-state index in [0.29, 0.717) is 36.5 Å². The Morgan fingerprint density at radius 3 is 2.17 bits per heavy atom. The van der Waals surface area contributed by atoms with Crippen molar-refractivity contribution in [2.45, 2.75) is 65.3 Å². The van der Waals surface area contributed by atoms with Gasteiger partial charge in [0.2, 0.25) is 0 Å². The van der Waals surface area contributed by atoms with E-state index in [-0.39, 0.29) is 25.1 Å². The van der Waals surface area contributed by atoms with E-state index in [4.69, 9.17) is 14.2 Å². The molecular weight excluding hydrogens is 539 g/mol. The summed E-state index contributed by atoms with van der Waals surface area (Å²) in [5.41, 5.74) is 0.214. The number of hydrogen-bond acceptors (Lipinski definition) is 6. The summed E-state index contributed by atoms with van der Waals surface area (Å²) in [6, 6.07) is 11.6. The third kappa shape index (κ3) is 7.94. The molecule has 0 saturated heterocycles. The van der Waals surface area contributed by atoms with Crippen LogP contribution in [0.2, 0.25) is 25.7 Å². The molecule has 0 amide bonds. The second-order valence-corrected chi connectivity index (χ2v) is 16.6. The fourth-order valence-electron chi connectivity index (χ4n) is 4.08. The highest BCUT2D eigenvalue weighted by Crippen LogP contribution is 2.32. The van der Waals surface area contributed by atoms with Gasteiger partial charge < -0.3 is 18.8 Å². The van der Waals surface area contributed by atoms with Gasteiger partial charge in [-0.05, 0) is 55.3 Å². The zero-order valence-corrected chi connectivity index (χ0v) is 25.0. The van der Waals surface area contributed by atoms with Crippen molar-refractivity contribution in [1.29, 1.82) is 0 Å². The van der Waals surface area contributed by atoms with E-state index in [9.17, 15) is 18.0 Å². The highest BCUT2D eigenvalue weighted by molar-refractivity contribution is 6.76. The van der Waals surface area contributed by atoms with Crippen LogP contribution in [0.1, 0.15) is 32.4 Å². The first-order valence-corrected chi connectivity index (χ1v) is 17.0. The minimum absolute atomic E-state index is 0.0283. The van der Waals surface area contributed by atoms with Crippen molar-refractivity contribution in [1.82, 2.24) is 14.5 Å². The van der Waals surface area contributed by atoms with Crippen molar-refractivity contribution in [2.24, 2.45) is 5.41 Å². The highest BCUT2D eigenvalue weighted by Gasteiger charge is 2.37. The van der Waals surface area contributed by atoms with Gasteiger partial charge in [-0.1, -0.05) is 33.5 Å². The number of pyridine rings is 1. The first-order chi connectivity index (χ1) is 18.8. The number of halogens is 3. The number of benzene rings is 1. The summed E-state index contributed by atoms with van der Waals surface area (Å²) in [5, 5.41) is 0. The number of imidazole rings is 1. The van der Waals surface area contributed by atoms with Crippen LogP contribution < -0.4 is 4.74 Å². The van der Waals surface area contributed by atoms with Gasteiger partial charge in [0.25, 0.3) is 0 Å². The number of methoxy groups -OCH3 is 1. The first kappa shape index (κ1) is 31.3. The van der Waals surface area contributed by atoms with Crippen molar-refractivity contribution in [2.75, 3.05) is 20.3 Å². The van der Waals surface area contributed by atoms with Crippen LogP contribution in [-0.4, -0.2) is 48.9 Å². The number of carbonyl (C=O) groups excluding carboxylic acids is 1. The van der Waals surface area contributed by atoms with Gasteiger partial charge in [0, 0.05) is 38.2 Å². The van der Waals surface area contributed by atoms with Gasteiger partial charge in [-0.3, -0.25) is 9.78 Å². The monoisotopic (exact) mass is 577 g/mol. The number of esters is 1. The van der Waals surface area contributed by atoms with Gasteiger partial charge in [-0.15, -0.1) is 0 Å². The molecule has 3 aromatic rings. The largest absolute Gasteiger partial charge is 0.492 e. The highest BCUT2D eigenvalue weighted by atomic mass is 28.3. The maximum absolute atomic E-state index is 13.4. The molecule has 0 aliphatic heterocycles. The topological polar surface area (TPSA) is 75.5 Å². The average Bonchev–Trinajstić information content (AvgIpc) is 3.36. The lowest BCUT2D eigenvalue weighted by Gasteiger charge is -2.28. The van der Waals surface area contributed by atoms with Crippen LogP contribution in [0.3, 0.4) is 0 Å². The quantitative estimate of drug-likeness (QED) is 0.121. The smallest absolute Gasteiger partial charge is 0.434 e. The van der Waals surface area contributed by atoms with Gasteiger partial charge in [0.15, 0.2) is 5.69 Å². The predicted octanol–water partition coefficient (Wildman–Crippen LogP) is 7.30. The molecule has 0 spiro atoms. The molecule has 2 aromatic heterocycles. The minimum atomic E-state index is -4.57. The summed E-state index contributed by atoms with van der Waals surface area (Å²) < 4.78 is 58.2. The molecule has 3 rings (SSSR count). The van der Waals surface area contributed by atoms with Crippen molar-refractivity contribution >= 4 is 14.0 Å². The summed E-state index contributed by atoms with van der Waals surface area (Å²) in [5.74, 6) is 0.454. The van der Waals surface area contributed by atoms with Crippen LogP contribution in [0.5, 0.6) is 5.75 Å². The zero-order valence-electron chi connectivity index (χ0n) is 24.0. The molecule has 0 atom stereocenters. The Morgan fingerprint density at radius 2 is 1.65 bits per heavy atom. The summed E-state index contributed by atoms with van der Waals surface area (Å²) in [7, 11) is 0.0468. The molecule has 40 heavy (non-hydrogen) atoms. The van der Waals surface area contributed by atoms with E-state index in [1.165, 1.54) is 17.9 Å². The molecule has 0 fully saturated rings. The second-order valence-electron chi connectivity index (χ2n) is 11.0. The number of carbonyl (C=O) groups is 1. The number of alkyl halides is 3. The number of ether oxygens (including phenoxy) is 3. The lowest BCUT2D eigenvalue weighted by molar-refractivity contribution is -0.155. The molecule has 7 nitrogen and oxygen atoms in total. The van der Waals surface area contributed by atoms with E-state index < -0.39 is 25.4 Å². The summed E-state index contributed by atoms with van der Waals surface area (Å²) in [6.07, 6.45) is -0.896. The molecule has 0 aliphatic carbocycles. The Bertz CT molecular complexity index is 1250. The third-order valence-corrected chi connectivity index (χ3v) is 8.66. The van der Waals surface area contributed by atoms with Crippen molar-refractivity contribution < 1.29 is 32.2 Å². The molecule has 0 saturated carbocycles. The molecular formula is C29H38F3N3O4Si. The van der Waals surface area contributed by atoms with Crippen molar-refractivity contribution in [3.63, 3.8) is 0 Å². The third-order valence-electron chi connectivity index (χ3n) is 6.95. The maximum atomic E-state index is 13.4. The lowest BCUT2D eigenvalue weighted by atomic mass is 9.83. The van der Waals surface area contributed by atoms with E-state index in [1.807, 2.05) is 26.0 Å². The van der Waals surface area contributed by atoms with Gasteiger partial charge in [0.1, 0.15) is 30.3 Å². The summed E-state index contributed by atoms with van der Waals surface area (Å²) in [4.78, 5) is 20.6. The molecule has 218 valence electrons.